The Balaban J connectivity index is 2.72. The SMILES string of the molecule is CC#CCn1c(C(O)C(O)CN=[N+]=[N-])nc2c1c(=O)[nH]c(=O)n2C. The van der Waals surface area contributed by atoms with Gasteiger partial charge in [0.15, 0.2) is 11.2 Å². The Morgan fingerprint density at radius 1 is 1.46 bits per heavy atom. The Hall–Kier alpha value is -3.06. The van der Waals surface area contributed by atoms with E-state index in [0.29, 0.717) is 0 Å². The van der Waals surface area contributed by atoms with E-state index in [4.69, 9.17) is 5.53 Å². The highest BCUT2D eigenvalue weighted by Crippen LogP contribution is 2.20. The highest BCUT2D eigenvalue weighted by atomic mass is 16.3. The van der Waals surface area contributed by atoms with Gasteiger partial charge in [-0.3, -0.25) is 14.3 Å². The highest BCUT2D eigenvalue weighted by Gasteiger charge is 2.26. The minimum atomic E-state index is -1.53. The molecule has 0 amide bonds. The van der Waals surface area contributed by atoms with E-state index in [1.807, 2.05) is 0 Å². The lowest BCUT2D eigenvalue weighted by molar-refractivity contribution is 0.0174. The Kier molecular flexibility index (Phi) is 5.05. The van der Waals surface area contributed by atoms with Crippen molar-refractivity contribution in [1.82, 2.24) is 19.1 Å². The molecule has 0 aliphatic rings. The van der Waals surface area contributed by atoms with Crippen molar-refractivity contribution in [2.45, 2.75) is 25.7 Å². The van der Waals surface area contributed by atoms with Crippen molar-refractivity contribution in [1.29, 1.82) is 0 Å². The number of aromatic amines is 1. The van der Waals surface area contributed by atoms with E-state index in [1.54, 1.807) is 6.92 Å². The van der Waals surface area contributed by atoms with Gasteiger partial charge in [0, 0.05) is 12.0 Å². The average molecular weight is 333 g/mol. The van der Waals surface area contributed by atoms with Crippen molar-refractivity contribution >= 4 is 11.2 Å². The van der Waals surface area contributed by atoms with Crippen molar-refractivity contribution < 1.29 is 10.2 Å². The van der Waals surface area contributed by atoms with Crippen LogP contribution in [0.25, 0.3) is 21.6 Å². The van der Waals surface area contributed by atoms with Crippen LogP contribution in [0, 0.1) is 11.8 Å². The molecule has 0 fully saturated rings. The van der Waals surface area contributed by atoms with E-state index in [1.165, 1.54) is 11.6 Å². The molecule has 0 aromatic carbocycles. The number of hydrogen-bond donors (Lipinski definition) is 3. The third kappa shape index (κ3) is 3.02. The lowest BCUT2D eigenvalue weighted by Crippen LogP contribution is -2.29. The zero-order chi connectivity index (χ0) is 17.9. The summed E-state index contributed by atoms with van der Waals surface area (Å²) in [6, 6.07) is 0. The molecule has 0 radical (unpaired) electrons. The molecule has 2 heterocycles. The molecule has 2 aromatic heterocycles. The molecular weight excluding hydrogens is 318 g/mol. The van der Waals surface area contributed by atoms with Gasteiger partial charge in [-0.2, -0.15) is 0 Å². The summed E-state index contributed by atoms with van der Waals surface area (Å²) in [6.07, 6.45) is -2.96. The van der Waals surface area contributed by atoms with Gasteiger partial charge in [0.1, 0.15) is 11.9 Å². The van der Waals surface area contributed by atoms with E-state index in [9.17, 15) is 19.8 Å². The molecule has 0 aliphatic heterocycles. The number of rotatable bonds is 5. The van der Waals surface area contributed by atoms with Crippen LogP contribution in [-0.4, -0.2) is 42.0 Å². The van der Waals surface area contributed by atoms with Crippen molar-refractivity contribution in [3.63, 3.8) is 0 Å². The number of azide groups is 1. The number of imidazole rings is 1. The Bertz CT molecular complexity index is 984. The molecule has 0 spiro atoms. The first-order valence-corrected chi connectivity index (χ1v) is 6.88. The first-order valence-electron chi connectivity index (χ1n) is 6.88. The maximum Gasteiger partial charge on any atom is 0.329 e. The third-order valence-corrected chi connectivity index (χ3v) is 3.41. The van der Waals surface area contributed by atoms with Gasteiger partial charge < -0.3 is 14.8 Å². The van der Waals surface area contributed by atoms with E-state index in [2.05, 4.69) is 31.8 Å². The first kappa shape index (κ1) is 17.3. The summed E-state index contributed by atoms with van der Waals surface area (Å²) >= 11 is 0. The van der Waals surface area contributed by atoms with Gasteiger partial charge >= 0.3 is 5.69 Å². The normalized spacial score (nSPS) is 13.0. The quantitative estimate of drug-likeness (QED) is 0.280. The van der Waals surface area contributed by atoms with E-state index < -0.39 is 23.5 Å². The number of aromatic nitrogens is 4. The number of nitrogens with zero attached hydrogens (tertiary/aromatic N) is 6. The van der Waals surface area contributed by atoms with Crippen LogP contribution in [0.1, 0.15) is 18.9 Å². The molecule has 2 rings (SSSR count). The Morgan fingerprint density at radius 2 is 2.17 bits per heavy atom. The lowest BCUT2D eigenvalue weighted by atomic mass is 10.2. The fraction of sp³-hybridized carbons (Fsp3) is 0.462. The van der Waals surface area contributed by atoms with Crippen LogP contribution < -0.4 is 11.2 Å². The lowest BCUT2D eigenvalue weighted by Gasteiger charge is -2.16. The molecule has 2 atom stereocenters. The second-order valence-electron chi connectivity index (χ2n) is 4.90. The largest absolute Gasteiger partial charge is 0.390 e. The van der Waals surface area contributed by atoms with E-state index in [0.717, 1.165) is 4.57 Å². The van der Waals surface area contributed by atoms with Gasteiger partial charge in [-0.25, -0.2) is 9.78 Å². The van der Waals surface area contributed by atoms with Crippen LogP contribution in [0.3, 0.4) is 0 Å². The van der Waals surface area contributed by atoms with Crippen LogP contribution in [0.15, 0.2) is 14.7 Å². The maximum absolute atomic E-state index is 12.1. The molecule has 0 saturated heterocycles. The van der Waals surface area contributed by atoms with Crippen LogP contribution in [0.4, 0.5) is 0 Å². The number of aliphatic hydroxyl groups excluding tert-OH is 2. The second kappa shape index (κ2) is 7.01. The fourth-order valence-electron chi connectivity index (χ4n) is 2.19. The van der Waals surface area contributed by atoms with Crippen molar-refractivity contribution in [3.05, 3.63) is 37.1 Å². The number of fused-ring (bicyclic) bond motifs is 1. The summed E-state index contributed by atoms with van der Waals surface area (Å²) in [5.74, 6) is 5.34. The molecule has 0 aliphatic carbocycles. The van der Waals surface area contributed by atoms with Gasteiger partial charge in [0.2, 0.25) is 0 Å². The molecule has 0 saturated carbocycles. The number of nitrogens with one attached hydrogen (secondary N) is 1. The summed E-state index contributed by atoms with van der Waals surface area (Å²) in [6.45, 7) is 1.25. The molecule has 3 N–H and O–H groups in total. The fourth-order valence-corrected chi connectivity index (χ4v) is 2.19. The number of hydrogen-bond acceptors (Lipinski definition) is 6. The predicted octanol–water partition coefficient (Wildman–Crippen LogP) is -0.849. The minimum absolute atomic E-state index is 0.0227. The topological polar surface area (TPSA) is 162 Å². The van der Waals surface area contributed by atoms with Gasteiger partial charge in [-0.05, 0) is 12.5 Å². The van der Waals surface area contributed by atoms with Crippen LogP contribution in [-0.2, 0) is 13.6 Å². The van der Waals surface area contributed by atoms with Crippen molar-refractivity contribution in [2.75, 3.05) is 6.54 Å². The maximum atomic E-state index is 12.1. The first-order chi connectivity index (χ1) is 11.4. The number of H-pyrrole nitrogens is 1. The predicted molar refractivity (Wildman–Crippen MR) is 84.0 cm³/mol. The summed E-state index contributed by atoms with van der Waals surface area (Å²) in [4.78, 5) is 32.6. The molecule has 11 heteroatoms. The van der Waals surface area contributed by atoms with Gasteiger partial charge in [-0.1, -0.05) is 11.0 Å². The van der Waals surface area contributed by atoms with Gasteiger partial charge in [-0.15, -0.1) is 5.92 Å². The van der Waals surface area contributed by atoms with Crippen LogP contribution >= 0.6 is 0 Å². The van der Waals surface area contributed by atoms with Crippen LogP contribution in [0.5, 0.6) is 0 Å². The minimum Gasteiger partial charge on any atom is -0.390 e. The smallest absolute Gasteiger partial charge is 0.329 e. The molecular formula is C13H15N7O4. The molecule has 11 nitrogen and oxygen atoms in total. The van der Waals surface area contributed by atoms with Crippen molar-refractivity contribution in [3.8, 4) is 11.8 Å². The summed E-state index contributed by atoms with van der Waals surface area (Å²) in [7, 11) is 1.41. The molecule has 2 unspecified atom stereocenters. The van der Waals surface area contributed by atoms with Crippen LogP contribution in [0.2, 0.25) is 0 Å². The van der Waals surface area contributed by atoms with E-state index in [-0.39, 0.29) is 30.1 Å². The van der Waals surface area contributed by atoms with Gasteiger partial charge in [0.05, 0.1) is 19.2 Å². The average Bonchev–Trinajstić information content (AvgIpc) is 2.95. The zero-order valence-corrected chi connectivity index (χ0v) is 13.0. The summed E-state index contributed by atoms with van der Waals surface area (Å²) in [5, 5.41) is 23.4. The molecule has 24 heavy (non-hydrogen) atoms. The molecule has 0 bridgehead atoms. The van der Waals surface area contributed by atoms with Gasteiger partial charge in [0.25, 0.3) is 5.56 Å². The summed E-state index contributed by atoms with van der Waals surface area (Å²) < 4.78 is 2.43. The standard InChI is InChI=1S/C13H15N7O4/c1-3-4-5-20-8-10(19(2)13(24)17-12(8)23)16-11(20)9(22)7(21)6-15-18-14/h7,9,21-22H,5-6H2,1-2H3,(H,17,23,24). The number of aryl methyl sites for hydroxylation is 1. The zero-order valence-electron chi connectivity index (χ0n) is 13.0. The molecule has 2 aromatic rings. The van der Waals surface area contributed by atoms with Crippen molar-refractivity contribution in [2.24, 2.45) is 12.2 Å². The second-order valence-corrected chi connectivity index (χ2v) is 4.90. The Morgan fingerprint density at radius 3 is 2.79 bits per heavy atom. The highest BCUT2D eigenvalue weighted by molar-refractivity contribution is 5.71. The third-order valence-electron chi connectivity index (χ3n) is 3.41. The Labute approximate surface area is 134 Å². The van der Waals surface area contributed by atoms with E-state index >= 15 is 0 Å². The molecule has 126 valence electrons. The monoisotopic (exact) mass is 333 g/mol. The number of aliphatic hydroxyl groups is 2. The summed E-state index contributed by atoms with van der Waals surface area (Å²) in [5.41, 5.74) is 7.06.